The molecule has 32 heavy (non-hydrogen) atoms. The van der Waals surface area contributed by atoms with Crippen LogP contribution in [0.5, 0.6) is 11.5 Å². The summed E-state index contributed by atoms with van der Waals surface area (Å²) in [6, 6.07) is 9.76. The molecule has 1 aliphatic heterocycles. The van der Waals surface area contributed by atoms with Crippen LogP contribution in [0, 0.1) is 0 Å². The smallest absolute Gasteiger partial charge is 0.279 e. The van der Waals surface area contributed by atoms with Gasteiger partial charge in [0.2, 0.25) is 16.8 Å². The second-order valence-electron chi connectivity index (χ2n) is 7.24. The molecule has 0 radical (unpaired) electrons. The molecule has 1 amide bonds. The lowest BCUT2D eigenvalue weighted by molar-refractivity contribution is 0.0997. The Labute approximate surface area is 190 Å². The second kappa shape index (κ2) is 9.05. The molecule has 0 fully saturated rings. The normalized spacial score (nSPS) is 13.9. The van der Waals surface area contributed by atoms with E-state index in [1.807, 2.05) is 16.7 Å². The number of aromatic nitrogens is 1. The van der Waals surface area contributed by atoms with Crippen molar-refractivity contribution >= 4 is 37.5 Å². The maximum atomic E-state index is 12.9. The fourth-order valence-electron chi connectivity index (χ4n) is 3.62. The van der Waals surface area contributed by atoms with E-state index in [1.165, 1.54) is 39.9 Å². The number of hydrogen-bond acceptors (Lipinski definition) is 6. The first-order chi connectivity index (χ1) is 15.4. The van der Waals surface area contributed by atoms with Crippen molar-refractivity contribution in [3.05, 3.63) is 46.8 Å². The average molecular weight is 476 g/mol. The van der Waals surface area contributed by atoms with E-state index in [2.05, 4.69) is 11.9 Å². The molecule has 2 heterocycles. The number of carbonyl (C=O) groups is 1. The van der Waals surface area contributed by atoms with Crippen LogP contribution < -0.4 is 14.3 Å². The highest BCUT2D eigenvalue weighted by atomic mass is 32.2. The highest BCUT2D eigenvalue weighted by Crippen LogP contribution is 2.37. The molecule has 0 saturated heterocycles. The minimum absolute atomic E-state index is 0.162. The Hall–Kier alpha value is -2.69. The molecule has 3 aromatic rings. The summed E-state index contributed by atoms with van der Waals surface area (Å²) in [5, 5.41) is 0. The molecule has 0 N–H and O–H groups in total. The lowest BCUT2D eigenvalue weighted by Gasteiger charge is -2.18. The van der Waals surface area contributed by atoms with E-state index in [9.17, 15) is 13.2 Å². The number of carbonyl (C=O) groups excluding carboxylic acids is 1. The number of amides is 1. The van der Waals surface area contributed by atoms with E-state index in [0.29, 0.717) is 41.5 Å². The first-order valence-corrected chi connectivity index (χ1v) is 12.8. The molecule has 0 atom stereocenters. The zero-order valence-corrected chi connectivity index (χ0v) is 19.8. The van der Waals surface area contributed by atoms with Gasteiger partial charge in [-0.2, -0.15) is 9.30 Å². The van der Waals surface area contributed by atoms with Gasteiger partial charge in [0.25, 0.3) is 5.91 Å². The van der Waals surface area contributed by atoms with Crippen LogP contribution in [0.2, 0.25) is 0 Å². The predicted molar refractivity (Wildman–Crippen MR) is 123 cm³/mol. The standard InChI is InChI=1S/C22H25N3O5S2/c1-4-11-25-17-12-18-19(30-14-29-18)13-20(17)31-22(25)23-21(26)15-7-9-16(10-8-15)32(27,28)24(5-2)6-3/h7-10,12-13H,4-6,11,14H2,1-3H3. The Morgan fingerprint density at radius 3 is 2.38 bits per heavy atom. The average Bonchev–Trinajstić information content (AvgIpc) is 3.37. The number of sulfonamides is 1. The van der Waals surface area contributed by atoms with E-state index in [0.717, 1.165) is 16.6 Å². The topological polar surface area (TPSA) is 90.2 Å². The van der Waals surface area contributed by atoms with Crippen molar-refractivity contribution in [3.8, 4) is 11.5 Å². The van der Waals surface area contributed by atoms with Gasteiger partial charge in [-0.1, -0.05) is 32.1 Å². The molecule has 0 saturated carbocycles. The predicted octanol–water partition coefficient (Wildman–Crippen LogP) is 3.61. The summed E-state index contributed by atoms with van der Waals surface area (Å²) < 4.78 is 40.6. The molecule has 1 aromatic heterocycles. The lowest BCUT2D eigenvalue weighted by Crippen LogP contribution is -2.30. The van der Waals surface area contributed by atoms with Gasteiger partial charge < -0.3 is 14.0 Å². The van der Waals surface area contributed by atoms with Crippen LogP contribution in [0.4, 0.5) is 0 Å². The number of aryl methyl sites for hydroxylation is 1. The fraction of sp³-hybridized carbons (Fsp3) is 0.364. The molecule has 4 rings (SSSR count). The van der Waals surface area contributed by atoms with E-state index >= 15 is 0 Å². The molecule has 8 nitrogen and oxygen atoms in total. The van der Waals surface area contributed by atoms with Gasteiger partial charge in [0.1, 0.15) is 0 Å². The molecular formula is C22H25N3O5S2. The van der Waals surface area contributed by atoms with Crippen LogP contribution in [0.1, 0.15) is 37.6 Å². The summed E-state index contributed by atoms with van der Waals surface area (Å²) >= 11 is 1.41. The lowest BCUT2D eigenvalue weighted by atomic mass is 10.2. The number of benzene rings is 2. The summed E-state index contributed by atoms with van der Waals surface area (Å²) in [6.45, 7) is 7.32. The largest absolute Gasteiger partial charge is 0.454 e. The Morgan fingerprint density at radius 2 is 1.75 bits per heavy atom. The van der Waals surface area contributed by atoms with Crippen molar-refractivity contribution in [1.82, 2.24) is 8.87 Å². The van der Waals surface area contributed by atoms with Crippen molar-refractivity contribution in [1.29, 1.82) is 0 Å². The number of nitrogens with zero attached hydrogens (tertiary/aromatic N) is 3. The third-order valence-corrected chi connectivity index (χ3v) is 8.37. The van der Waals surface area contributed by atoms with Crippen LogP contribution in [-0.2, 0) is 16.6 Å². The van der Waals surface area contributed by atoms with Gasteiger partial charge in [0.05, 0.1) is 15.1 Å². The Balaban J connectivity index is 1.70. The van der Waals surface area contributed by atoms with Gasteiger partial charge in [-0.15, -0.1) is 0 Å². The van der Waals surface area contributed by atoms with E-state index in [4.69, 9.17) is 9.47 Å². The molecule has 2 aromatic carbocycles. The first-order valence-electron chi connectivity index (χ1n) is 10.5. The summed E-state index contributed by atoms with van der Waals surface area (Å²) in [4.78, 5) is 18.0. The first kappa shape index (κ1) is 22.5. The van der Waals surface area contributed by atoms with E-state index in [1.54, 1.807) is 13.8 Å². The minimum Gasteiger partial charge on any atom is -0.454 e. The maximum Gasteiger partial charge on any atom is 0.279 e. The van der Waals surface area contributed by atoms with Crippen LogP contribution >= 0.6 is 11.3 Å². The molecule has 0 spiro atoms. The van der Waals surface area contributed by atoms with Gasteiger partial charge in [0, 0.05) is 37.3 Å². The number of ether oxygens (including phenoxy) is 2. The highest BCUT2D eigenvalue weighted by Gasteiger charge is 2.22. The van der Waals surface area contributed by atoms with Crippen LogP contribution in [0.25, 0.3) is 10.2 Å². The number of rotatable bonds is 7. The second-order valence-corrected chi connectivity index (χ2v) is 10.2. The summed E-state index contributed by atoms with van der Waals surface area (Å²) in [5.74, 6) is 0.946. The molecule has 0 unspecified atom stereocenters. The number of hydrogen-bond donors (Lipinski definition) is 0. The SMILES string of the molecule is CCCn1c(=NC(=O)c2ccc(S(=O)(=O)N(CC)CC)cc2)sc2cc3c(cc21)OCO3. The van der Waals surface area contributed by atoms with Crippen LogP contribution in [0.3, 0.4) is 0 Å². The molecule has 0 bridgehead atoms. The molecule has 1 aliphatic rings. The van der Waals surface area contributed by atoms with Crippen molar-refractivity contribution in [2.75, 3.05) is 19.9 Å². The van der Waals surface area contributed by atoms with Crippen LogP contribution in [-0.4, -0.2) is 43.1 Å². The van der Waals surface area contributed by atoms with Gasteiger partial charge >= 0.3 is 0 Å². The molecule has 10 heteroatoms. The third kappa shape index (κ3) is 4.05. The van der Waals surface area contributed by atoms with E-state index < -0.39 is 15.9 Å². The molecule has 0 aliphatic carbocycles. The van der Waals surface area contributed by atoms with Crippen molar-refractivity contribution in [2.45, 2.75) is 38.6 Å². The Morgan fingerprint density at radius 1 is 1.09 bits per heavy atom. The minimum atomic E-state index is -3.57. The summed E-state index contributed by atoms with van der Waals surface area (Å²) in [7, 11) is -3.57. The van der Waals surface area contributed by atoms with Gasteiger partial charge in [-0.25, -0.2) is 8.42 Å². The number of thiazole rings is 1. The molecule has 170 valence electrons. The summed E-state index contributed by atoms with van der Waals surface area (Å²) in [6.07, 6.45) is 0.875. The summed E-state index contributed by atoms with van der Waals surface area (Å²) in [5.41, 5.74) is 1.27. The maximum absolute atomic E-state index is 12.9. The number of fused-ring (bicyclic) bond motifs is 2. The molecular weight excluding hydrogens is 450 g/mol. The Kier molecular flexibility index (Phi) is 6.36. The van der Waals surface area contributed by atoms with Crippen molar-refractivity contribution in [3.63, 3.8) is 0 Å². The van der Waals surface area contributed by atoms with Crippen molar-refractivity contribution < 1.29 is 22.7 Å². The van der Waals surface area contributed by atoms with Crippen LogP contribution in [0.15, 0.2) is 46.3 Å². The quantitative estimate of drug-likeness (QED) is 0.521. The van der Waals surface area contributed by atoms with Crippen molar-refractivity contribution in [2.24, 2.45) is 4.99 Å². The Bertz CT molecular complexity index is 1320. The zero-order valence-electron chi connectivity index (χ0n) is 18.2. The zero-order chi connectivity index (χ0) is 22.9. The van der Waals surface area contributed by atoms with Gasteiger partial charge in [-0.05, 0) is 30.7 Å². The highest BCUT2D eigenvalue weighted by molar-refractivity contribution is 7.89. The van der Waals surface area contributed by atoms with E-state index in [-0.39, 0.29) is 11.7 Å². The van der Waals surface area contributed by atoms with Gasteiger partial charge in [0.15, 0.2) is 16.3 Å². The fourth-order valence-corrected chi connectivity index (χ4v) is 6.14. The monoisotopic (exact) mass is 475 g/mol. The van der Waals surface area contributed by atoms with Gasteiger partial charge in [-0.3, -0.25) is 4.79 Å². The third-order valence-electron chi connectivity index (χ3n) is 5.27.